The average molecular weight is 535 g/mol. The van der Waals surface area contributed by atoms with Crippen LogP contribution in [-0.4, -0.2) is 59.4 Å². The van der Waals surface area contributed by atoms with Gasteiger partial charge >= 0.3 is 5.97 Å². The molecule has 39 heavy (non-hydrogen) atoms. The van der Waals surface area contributed by atoms with Crippen LogP contribution in [0.5, 0.6) is 0 Å². The van der Waals surface area contributed by atoms with E-state index in [2.05, 4.69) is 22.0 Å². The molecule has 2 aliphatic rings. The summed E-state index contributed by atoms with van der Waals surface area (Å²) in [6, 6.07) is 11.0. The zero-order chi connectivity index (χ0) is 28.3. The second-order valence-electron chi connectivity index (χ2n) is 11.5. The normalized spacial score (nSPS) is 19.3. The van der Waals surface area contributed by atoms with Gasteiger partial charge in [-0.25, -0.2) is 4.79 Å². The summed E-state index contributed by atoms with van der Waals surface area (Å²) < 4.78 is 0. The van der Waals surface area contributed by atoms with Crippen molar-refractivity contribution < 1.29 is 24.3 Å². The maximum atomic E-state index is 14.1. The number of nitrogens with zero attached hydrogens (tertiary/aromatic N) is 1. The Labute approximate surface area is 229 Å². The summed E-state index contributed by atoms with van der Waals surface area (Å²) in [4.78, 5) is 53.7. The monoisotopic (exact) mass is 534 g/mol. The van der Waals surface area contributed by atoms with Gasteiger partial charge in [-0.3, -0.25) is 14.4 Å². The first-order valence-electron chi connectivity index (χ1n) is 13.5. The summed E-state index contributed by atoms with van der Waals surface area (Å²) in [5.74, 6) is -1.99. The SMILES string of the molecule is CNCC(=O)NC(C(=O)N1Cc2ccc(C(=O)O)cc2CC1C(=O)NC1CCCc2ccccc21)C(C)(C)C. The highest BCUT2D eigenvalue weighted by atomic mass is 16.4. The van der Waals surface area contributed by atoms with E-state index in [0.717, 1.165) is 36.0 Å². The van der Waals surface area contributed by atoms with Crippen LogP contribution >= 0.6 is 0 Å². The maximum absolute atomic E-state index is 14.1. The van der Waals surface area contributed by atoms with Gasteiger partial charge in [-0.2, -0.15) is 0 Å². The molecule has 1 heterocycles. The second kappa shape index (κ2) is 11.6. The number of nitrogens with one attached hydrogen (secondary N) is 3. The van der Waals surface area contributed by atoms with Crippen LogP contribution in [0.3, 0.4) is 0 Å². The molecular weight excluding hydrogens is 496 g/mol. The molecule has 0 saturated carbocycles. The lowest BCUT2D eigenvalue weighted by atomic mass is 9.83. The molecule has 9 nitrogen and oxygen atoms in total. The number of hydrogen-bond donors (Lipinski definition) is 4. The Kier molecular flexibility index (Phi) is 8.39. The first-order valence-corrected chi connectivity index (χ1v) is 13.5. The molecule has 2 aromatic rings. The number of carbonyl (C=O) groups is 4. The lowest BCUT2D eigenvalue weighted by molar-refractivity contribution is -0.147. The number of aryl methyl sites for hydroxylation is 1. The Balaban J connectivity index is 1.68. The van der Waals surface area contributed by atoms with E-state index in [1.165, 1.54) is 11.6 Å². The van der Waals surface area contributed by atoms with Gasteiger partial charge in [0.05, 0.1) is 18.2 Å². The summed E-state index contributed by atoms with van der Waals surface area (Å²) >= 11 is 0. The first kappa shape index (κ1) is 28.3. The molecule has 4 rings (SSSR count). The van der Waals surface area contributed by atoms with Gasteiger partial charge in [-0.05, 0) is 66.1 Å². The zero-order valence-electron chi connectivity index (χ0n) is 23.0. The number of carbonyl (C=O) groups excluding carboxylic acids is 3. The van der Waals surface area contributed by atoms with E-state index in [1.807, 2.05) is 39.0 Å². The van der Waals surface area contributed by atoms with E-state index < -0.39 is 23.5 Å². The molecule has 1 aliphatic carbocycles. The van der Waals surface area contributed by atoms with Crippen LogP contribution in [0.2, 0.25) is 0 Å². The summed E-state index contributed by atoms with van der Waals surface area (Å²) in [6.07, 6.45) is 2.89. The quantitative estimate of drug-likeness (QED) is 0.432. The Bertz CT molecular complexity index is 1270. The van der Waals surface area contributed by atoms with Crippen molar-refractivity contribution in [1.29, 1.82) is 0 Å². The number of aromatic carboxylic acids is 1. The molecule has 0 saturated heterocycles. The van der Waals surface area contributed by atoms with Gasteiger partial charge in [0.1, 0.15) is 12.1 Å². The minimum absolute atomic E-state index is 0.0612. The van der Waals surface area contributed by atoms with Crippen LogP contribution in [0, 0.1) is 5.41 Å². The number of hydrogen-bond acceptors (Lipinski definition) is 5. The van der Waals surface area contributed by atoms with Crippen molar-refractivity contribution in [2.75, 3.05) is 13.6 Å². The second-order valence-corrected chi connectivity index (χ2v) is 11.5. The molecule has 1 aliphatic heterocycles. The van der Waals surface area contributed by atoms with Crippen LogP contribution in [0.15, 0.2) is 42.5 Å². The fourth-order valence-corrected chi connectivity index (χ4v) is 5.54. The molecular formula is C30H38N4O5. The molecule has 3 atom stereocenters. The minimum atomic E-state index is -1.05. The fraction of sp³-hybridized carbons (Fsp3) is 0.467. The molecule has 2 aromatic carbocycles. The molecule has 4 N–H and O–H groups in total. The highest BCUT2D eigenvalue weighted by Crippen LogP contribution is 2.32. The van der Waals surface area contributed by atoms with Gasteiger partial charge in [0.25, 0.3) is 0 Å². The minimum Gasteiger partial charge on any atom is -0.478 e. The van der Waals surface area contributed by atoms with Gasteiger partial charge in [-0.1, -0.05) is 51.1 Å². The van der Waals surface area contributed by atoms with E-state index in [4.69, 9.17) is 0 Å². The van der Waals surface area contributed by atoms with E-state index in [1.54, 1.807) is 24.1 Å². The predicted octanol–water partition coefficient (Wildman–Crippen LogP) is 2.58. The van der Waals surface area contributed by atoms with Crippen molar-refractivity contribution in [3.8, 4) is 0 Å². The third-order valence-corrected chi connectivity index (χ3v) is 7.61. The Morgan fingerprint density at radius 2 is 1.79 bits per heavy atom. The van der Waals surface area contributed by atoms with Crippen molar-refractivity contribution in [3.63, 3.8) is 0 Å². The maximum Gasteiger partial charge on any atom is 0.335 e. The van der Waals surface area contributed by atoms with E-state index in [0.29, 0.717) is 0 Å². The predicted molar refractivity (Wildman–Crippen MR) is 147 cm³/mol. The van der Waals surface area contributed by atoms with Crippen molar-refractivity contribution >= 4 is 23.7 Å². The van der Waals surface area contributed by atoms with Gasteiger partial charge in [0.2, 0.25) is 17.7 Å². The van der Waals surface area contributed by atoms with Crippen molar-refractivity contribution in [3.05, 3.63) is 70.3 Å². The van der Waals surface area contributed by atoms with E-state index in [9.17, 15) is 24.3 Å². The lowest BCUT2D eigenvalue weighted by Crippen LogP contribution is -2.61. The van der Waals surface area contributed by atoms with Gasteiger partial charge in [0, 0.05) is 13.0 Å². The standard InChI is InChI=1S/C30H38N4O5/c1-30(2,3)26(33-25(35)16-31-4)28(37)34-17-20-13-12-19(29(38)39)14-21(20)15-24(34)27(36)32-23-11-7-9-18-8-5-6-10-22(18)23/h5-6,8,10,12-14,23-24,26,31H,7,9,11,15-17H2,1-4H3,(H,32,36)(H,33,35)(H,38,39). The Morgan fingerprint density at radius 1 is 1.05 bits per heavy atom. The molecule has 3 unspecified atom stereocenters. The molecule has 0 bridgehead atoms. The third kappa shape index (κ3) is 6.30. The largest absolute Gasteiger partial charge is 0.478 e. The highest BCUT2D eigenvalue weighted by molar-refractivity contribution is 5.94. The summed E-state index contributed by atoms with van der Waals surface area (Å²) in [7, 11) is 1.66. The topological polar surface area (TPSA) is 128 Å². The van der Waals surface area contributed by atoms with Crippen LogP contribution < -0.4 is 16.0 Å². The highest BCUT2D eigenvalue weighted by Gasteiger charge is 2.42. The number of fused-ring (bicyclic) bond motifs is 2. The fourth-order valence-electron chi connectivity index (χ4n) is 5.54. The van der Waals surface area contributed by atoms with Crippen LogP contribution in [0.1, 0.15) is 72.3 Å². The number of rotatable bonds is 7. The number of amides is 3. The van der Waals surface area contributed by atoms with Gasteiger partial charge in [-0.15, -0.1) is 0 Å². The molecule has 208 valence electrons. The van der Waals surface area contributed by atoms with Crippen molar-refractivity contribution in [1.82, 2.24) is 20.9 Å². The Hall–Kier alpha value is -3.72. The number of benzene rings is 2. The van der Waals surface area contributed by atoms with Crippen molar-refractivity contribution in [2.24, 2.45) is 5.41 Å². The number of likely N-dealkylation sites (N-methyl/N-ethyl adjacent to an activating group) is 1. The lowest BCUT2D eigenvalue weighted by Gasteiger charge is -2.41. The smallest absolute Gasteiger partial charge is 0.335 e. The van der Waals surface area contributed by atoms with E-state index in [-0.39, 0.29) is 48.8 Å². The third-order valence-electron chi connectivity index (χ3n) is 7.61. The summed E-state index contributed by atoms with van der Waals surface area (Å²) in [5, 5.41) is 18.4. The zero-order valence-corrected chi connectivity index (χ0v) is 23.0. The molecule has 0 fully saturated rings. The van der Waals surface area contributed by atoms with Crippen LogP contribution in [0.4, 0.5) is 0 Å². The van der Waals surface area contributed by atoms with Gasteiger partial charge in [0.15, 0.2) is 0 Å². The average Bonchev–Trinajstić information content (AvgIpc) is 2.90. The van der Waals surface area contributed by atoms with Crippen LogP contribution in [-0.2, 0) is 33.8 Å². The molecule has 3 amide bonds. The van der Waals surface area contributed by atoms with Crippen molar-refractivity contribution in [2.45, 2.75) is 71.1 Å². The number of carboxylic acids is 1. The molecule has 9 heteroatoms. The molecule has 0 aromatic heterocycles. The molecule has 0 radical (unpaired) electrons. The summed E-state index contributed by atoms with van der Waals surface area (Å²) in [6.45, 7) is 5.83. The Morgan fingerprint density at radius 3 is 2.49 bits per heavy atom. The van der Waals surface area contributed by atoms with Crippen LogP contribution in [0.25, 0.3) is 0 Å². The summed E-state index contributed by atoms with van der Waals surface area (Å²) in [5.41, 5.74) is 3.34. The van der Waals surface area contributed by atoms with E-state index >= 15 is 0 Å². The first-order chi connectivity index (χ1) is 18.5. The molecule has 0 spiro atoms. The number of carboxylic acid groups (broad SMARTS) is 1. The van der Waals surface area contributed by atoms with Gasteiger partial charge < -0.3 is 26.0 Å².